The van der Waals surface area contributed by atoms with Gasteiger partial charge in [0.15, 0.2) is 0 Å². The van der Waals surface area contributed by atoms with Gasteiger partial charge in [0.1, 0.15) is 5.01 Å². The Balaban J connectivity index is 1.74. The zero-order valence-corrected chi connectivity index (χ0v) is 16.8. The molecule has 0 bridgehead atoms. The predicted octanol–water partition coefficient (Wildman–Crippen LogP) is 6.70. The van der Waals surface area contributed by atoms with Gasteiger partial charge in [-0.3, -0.25) is 0 Å². The molecule has 0 N–H and O–H groups in total. The summed E-state index contributed by atoms with van der Waals surface area (Å²) < 4.78 is 2.42. The monoisotopic (exact) mass is 419 g/mol. The van der Waals surface area contributed by atoms with Gasteiger partial charge < -0.3 is 0 Å². The van der Waals surface area contributed by atoms with Gasteiger partial charge in [-0.1, -0.05) is 71.4 Å². The summed E-state index contributed by atoms with van der Waals surface area (Å²) >= 11 is 5.52. The minimum absolute atomic E-state index is 0.0336. The van der Waals surface area contributed by atoms with Gasteiger partial charge in [-0.25, -0.2) is 4.98 Å². The number of hydrogen-bond donors (Lipinski definition) is 0. The molecule has 0 radical (unpaired) electrons. The minimum atomic E-state index is -0.0336. The lowest BCUT2D eigenvalue weighted by Crippen LogP contribution is -2.28. The number of nitrogens with zero attached hydrogens (tertiary/aromatic N) is 1. The molecule has 0 saturated carbocycles. The van der Waals surface area contributed by atoms with Crippen molar-refractivity contribution >= 4 is 37.5 Å². The van der Waals surface area contributed by atoms with Crippen molar-refractivity contribution in [3.8, 4) is 0 Å². The third-order valence-electron chi connectivity index (χ3n) is 5.53. The molecule has 3 heteroatoms. The van der Waals surface area contributed by atoms with Crippen LogP contribution >= 0.6 is 27.3 Å². The molecule has 0 amide bonds. The Morgan fingerprint density at radius 2 is 1.77 bits per heavy atom. The summed E-state index contributed by atoms with van der Waals surface area (Å²) in [6.45, 7) is 2.39. The van der Waals surface area contributed by atoms with Crippen LogP contribution in [0.5, 0.6) is 0 Å². The second-order valence-corrected chi connectivity index (χ2v) is 9.21. The molecule has 128 valence electrons. The van der Waals surface area contributed by atoms with Crippen molar-refractivity contribution in [2.45, 2.75) is 24.7 Å². The molecule has 2 atom stereocenters. The highest BCUT2D eigenvalue weighted by molar-refractivity contribution is 9.10. The Hall–Kier alpha value is -1.97. The molecule has 1 nitrogen and oxygen atoms in total. The van der Waals surface area contributed by atoms with E-state index in [0.29, 0.717) is 5.92 Å². The normalized spacial score (nSPS) is 21.8. The Morgan fingerprint density at radius 3 is 2.58 bits per heavy atom. The van der Waals surface area contributed by atoms with E-state index in [2.05, 4.69) is 95.7 Å². The zero-order valence-electron chi connectivity index (χ0n) is 14.4. The van der Waals surface area contributed by atoms with Crippen LogP contribution < -0.4 is 0 Å². The van der Waals surface area contributed by atoms with E-state index in [1.165, 1.54) is 26.4 Å². The Bertz CT molecular complexity index is 1070. The van der Waals surface area contributed by atoms with Crippen LogP contribution in [-0.2, 0) is 11.8 Å². The van der Waals surface area contributed by atoms with Crippen molar-refractivity contribution in [1.82, 2.24) is 4.98 Å². The fourth-order valence-electron chi connectivity index (χ4n) is 4.34. The maximum absolute atomic E-state index is 5.05. The van der Waals surface area contributed by atoms with E-state index in [-0.39, 0.29) is 5.41 Å². The molecule has 0 spiro atoms. The van der Waals surface area contributed by atoms with E-state index in [0.717, 1.165) is 16.4 Å². The second kappa shape index (κ2) is 6.04. The summed E-state index contributed by atoms with van der Waals surface area (Å²) in [5.41, 5.74) is 5.30. The van der Waals surface area contributed by atoms with Gasteiger partial charge in [-0.2, -0.15) is 0 Å². The molecular formula is C23H18BrNS. The first-order chi connectivity index (χ1) is 12.6. The number of para-hydroxylation sites is 1. The number of benzene rings is 3. The summed E-state index contributed by atoms with van der Waals surface area (Å²) in [7, 11) is 0. The SMILES string of the molecule is C[C@@]1(c2nc3ccccc3s2)Cc2ccc(Br)cc2[C@@H]1c1ccccc1. The lowest BCUT2D eigenvalue weighted by Gasteiger charge is -2.30. The maximum atomic E-state index is 5.05. The van der Waals surface area contributed by atoms with Gasteiger partial charge >= 0.3 is 0 Å². The van der Waals surface area contributed by atoms with Crippen LogP contribution in [0.15, 0.2) is 77.3 Å². The van der Waals surface area contributed by atoms with Gasteiger partial charge in [0.2, 0.25) is 0 Å². The fourth-order valence-corrected chi connectivity index (χ4v) is 5.86. The van der Waals surface area contributed by atoms with Crippen LogP contribution in [0.4, 0.5) is 0 Å². The number of rotatable bonds is 2. The summed E-state index contributed by atoms with van der Waals surface area (Å²) in [5.74, 6) is 0.316. The molecule has 1 heterocycles. The van der Waals surface area contributed by atoms with Crippen molar-refractivity contribution < 1.29 is 0 Å². The Labute approximate surface area is 165 Å². The Kier molecular flexibility index (Phi) is 3.77. The fraction of sp³-hybridized carbons (Fsp3) is 0.174. The van der Waals surface area contributed by atoms with E-state index in [1.807, 2.05) is 11.3 Å². The van der Waals surface area contributed by atoms with Crippen LogP contribution in [-0.4, -0.2) is 4.98 Å². The number of halogens is 1. The van der Waals surface area contributed by atoms with E-state index < -0.39 is 0 Å². The van der Waals surface area contributed by atoms with Crippen molar-refractivity contribution in [2.24, 2.45) is 0 Å². The molecule has 0 saturated heterocycles. The molecule has 1 aliphatic rings. The summed E-state index contributed by atoms with van der Waals surface area (Å²) in [5, 5.41) is 1.24. The molecule has 5 rings (SSSR count). The summed E-state index contributed by atoms with van der Waals surface area (Å²) in [6, 6.07) is 26.1. The molecule has 1 aliphatic carbocycles. The highest BCUT2D eigenvalue weighted by Gasteiger charge is 2.46. The standard InChI is InChI=1S/C23H18BrNS/c1-23(22-25-19-9-5-6-10-20(19)26-22)14-16-11-12-17(24)13-18(16)21(23)15-7-3-2-4-8-15/h2-13,21H,14H2,1H3/t21-,23+/m0/s1. The van der Waals surface area contributed by atoms with Crippen molar-refractivity contribution in [1.29, 1.82) is 0 Å². The highest BCUT2D eigenvalue weighted by atomic mass is 79.9. The summed E-state index contributed by atoms with van der Waals surface area (Å²) in [4.78, 5) is 5.05. The first kappa shape index (κ1) is 16.2. The molecule has 0 unspecified atom stereocenters. The summed E-state index contributed by atoms with van der Waals surface area (Å²) in [6.07, 6.45) is 1.02. The number of thiazole rings is 1. The lowest BCUT2D eigenvalue weighted by molar-refractivity contribution is 0.448. The van der Waals surface area contributed by atoms with Gasteiger partial charge in [-0.05, 0) is 47.4 Å². The molecule has 26 heavy (non-hydrogen) atoms. The van der Waals surface area contributed by atoms with Crippen LogP contribution in [0, 0.1) is 0 Å². The zero-order chi connectivity index (χ0) is 17.7. The number of fused-ring (bicyclic) bond motifs is 2. The second-order valence-electron chi connectivity index (χ2n) is 7.27. The van der Waals surface area contributed by atoms with Gasteiger partial charge in [0, 0.05) is 15.8 Å². The maximum Gasteiger partial charge on any atom is 0.101 e. The van der Waals surface area contributed by atoms with Crippen molar-refractivity contribution in [3.63, 3.8) is 0 Å². The van der Waals surface area contributed by atoms with E-state index in [1.54, 1.807) is 0 Å². The third kappa shape index (κ3) is 2.45. The van der Waals surface area contributed by atoms with Crippen LogP contribution in [0.3, 0.4) is 0 Å². The molecule has 1 aromatic heterocycles. The molecule has 4 aromatic rings. The van der Waals surface area contributed by atoms with Crippen molar-refractivity contribution in [3.05, 3.63) is 99.0 Å². The van der Waals surface area contributed by atoms with E-state index in [9.17, 15) is 0 Å². The smallest absolute Gasteiger partial charge is 0.101 e. The largest absolute Gasteiger partial charge is 0.241 e. The van der Waals surface area contributed by atoms with Gasteiger partial charge in [0.25, 0.3) is 0 Å². The van der Waals surface area contributed by atoms with E-state index >= 15 is 0 Å². The average molecular weight is 420 g/mol. The van der Waals surface area contributed by atoms with Crippen LogP contribution in [0.2, 0.25) is 0 Å². The Morgan fingerprint density at radius 1 is 1.00 bits per heavy atom. The first-order valence-corrected chi connectivity index (χ1v) is 10.5. The number of aromatic nitrogens is 1. The first-order valence-electron chi connectivity index (χ1n) is 8.84. The molecule has 0 fully saturated rings. The van der Waals surface area contributed by atoms with Crippen molar-refractivity contribution in [2.75, 3.05) is 0 Å². The highest BCUT2D eigenvalue weighted by Crippen LogP contribution is 2.53. The molecule has 0 aliphatic heterocycles. The molecular weight excluding hydrogens is 402 g/mol. The average Bonchev–Trinajstić information content (AvgIpc) is 3.21. The van der Waals surface area contributed by atoms with Crippen LogP contribution in [0.1, 0.15) is 34.5 Å². The van der Waals surface area contributed by atoms with Gasteiger partial charge in [-0.15, -0.1) is 11.3 Å². The predicted molar refractivity (Wildman–Crippen MR) is 113 cm³/mol. The van der Waals surface area contributed by atoms with E-state index in [4.69, 9.17) is 4.98 Å². The van der Waals surface area contributed by atoms with Crippen LogP contribution in [0.25, 0.3) is 10.2 Å². The topological polar surface area (TPSA) is 12.9 Å². The molecule has 3 aromatic carbocycles. The number of hydrogen-bond acceptors (Lipinski definition) is 2. The lowest BCUT2D eigenvalue weighted by atomic mass is 9.74. The quantitative estimate of drug-likeness (QED) is 0.351. The third-order valence-corrected chi connectivity index (χ3v) is 7.34. The van der Waals surface area contributed by atoms with Gasteiger partial charge in [0.05, 0.1) is 10.2 Å². The minimum Gasteiger partial charge on any atom is -0.241 e.